The molecule has 12 N–H and O–H groups in total. The summed E-state index contributed by atoms with van der Waals surface area (Å²) in [5.74, 6) is -1.89. The summed E-state index contributed by atoms with van der Waals surface area (Å²) in [5.41, 5.74) is 0. The first-order valence-electron chi connectivity index (χ1n) is 16.1. The lowest BCUT2D eigenvalue weighted by Crippen LogP contribution is -2.67. The van der Waals surface area contributed by atoms with Gasteiger partial charge >= 0.3 is 5.97 Å². The largest absolute Gasteiger partial charge is 0.480 e. The molecule has 0 aromatic heterocycles. The third-order valence-electron chi connectivity index (χ3n) is 9.05. The van der Waals surface area contributed by atoms with Crippen molar-refractivity contribution in [3.8, 4) is 0 Å². The maximum absolute atomic E-state index is 13.0. The zero-order valence-electron chi connectivity index (χ0n) is 27.3. The Balaban J connectivity index is 1.76. The number of hydrogen-bond donors (Lipinski definition) is 12. The van der Waals surface area contributed by atoms with Gasteiger partial charge in [0.05, 0.1) is 32.3 Å². The lowest BCUT2D eigenvalue weighted by Gasteiger charge is -2.43. The maximum Gasteiger partial charge on any atom is 0.317 e. The average Bonchev–Trinajstić information content (AvgIpc) is 3.08. The van der Waals surface area contributed by atoms with Gasteiger partial charge in [-0.25, -0.2) is 0 Å². The minimum Gasteiger partial charge on any atom is -0.480 e. The van der Waals surface area contributed by atoms with Crippen LogP contribution in [0.1, 0.15) is 0 Å². The van der Waals surface area contributed by atoms with Crippen molar-refractivity contribution >= 4 is 24.4 Å². The van der Waals surface area contributed by atoms with Crippen LogP contribution in [0.2, 0.25) is 0 Å². The monoisotopic (exact) mass is 726 g/mol. The highest BCUT2D eigenvalue weighted by Crippen LogP contribution is 2.21. The van der Waals surface area contributed by atoms with Crippen LogP contribution in [0.15, 0.2) is 0 Å². The number of hydrogen-bond acceptors (Lipinski definition) is 20. The van der Waals surface area contributed by atoms with Crippen LogP contribution in [0.5, 0.6) is 0 Å². The van der Waals surface area contributed by atoms with Crippen molar-refractivity contribution < 1.29 is 79.7 Å². The van der Waals surface area contributed by atoms with Crippen molar-refractivity contribution in [2.45, 2.75) is 73.7 Å². The molecule has 0 aliphatic carbocycles. The van der Waals surface area contributed by atoms with E-state index in [1.807, 2.05) is 0 Å². The molecule has 50 heavy (non-hydrogen) atoms. The molecule has 1 amide bonds. The second kappa shape index (κ2) is 20.0. The van der Waals surface area contributed by atoms with Crippen LogP contribution in [-0.2, 0) is 28.7 Å². The van der Waals surface area contributed by atoms with E-state index in [0.29, 0.717) is 6.29 Å². The molecule has 288 valence electrons. The van der Waals surface area contributed by atoms with E-state index in [-0.39, 0.29) is 65.2 Å². The van der Waals surface area contributed by atoms with Gasteiger partial charge in [-0.15, -0.1) is 0 Å². The Bertz CT molecular complexity index is 1100. The quantitative estimate of drug-likeness (QED) is 0.0784. The van der Waals surface area contributed by atoms with Gasteiger partial charge in [-0.05, 0) is 0 Å². The molecule has 0 radical (unpaired) electrons. The molecule has 3 aliphatic rings. The minimum absolute atomic E-state index is 0.00536. The van der Waals surface area contributed by atoms with Crippen LogP contribution in [0.3, 0.4) is 0 Å². The molecule has 3 heterocycles. The summed E-state index contributed by atoms with van der Waals surface area (Å²) in [7, 11) is 0. The predicted molar refractivity (Wildman–Crippen MR) is 164 cm³/mol. The normalized spacial score (nSPS) is 36.0. The molecular formula is C28H50N6O16. The van der Waals surface area contributed by atoms with Crippen molar-refractivity contribution in [3.05, 3.63) is 0 Å². The van der Waals surface area contributed by atoms with Crippen LogP contribution in [0.4, 0.5) is 0 Å². The highest BCUT2D eigenvalue weighted by Gasteiger charge is 2.46. The molecule has 0 aromatic carbocycles. The summed E-state index contributed by atoms with van der Waals surface area (Å²) in [6.07, 6.45) is -14.7. The molecule has 3 saturated heterocycles. The van der Waals surface area contributed by atoms with Crippen LogP contribution >= 0.6 is 0 Å². The number of carbonyl (C=O) groups is 4. The molecule has 0 aromatic rings. The Morgan fingerprint density at radius 2 is 1.14 bits per heavy atom. The van der Waals surface area contributed by atoms with Gasteiger partial charge in [0.1, 0.15) is 48.8 Å². The smallest absolute Gasteiger partial charge is 0.317 e. The summed E-state index contributed by atoms with van der Waals surface area (Å²) in [4.78, 5) is 54.7. The number of carbonyl (C=O) groups excluding carboxylic acids is 3. The SMILES string of the molecule is O=CC(O)N1CCN(CC(=O)NC2C(O)[C@H](O)C(CO)O[C@H]2O)CCN(CC(=O)O)CCN(C(C=O)NC2C(O)[C@H](O)C(CO)O[C@H]2O)CC1. The van der Waals surface area contributed by atoms with Gasteiger partial charge in [0, 0.05) is 52.4 Å². The zero-order chi connectivity index (χ0) is 37.1. The fourth-order valence-electron chi connectivity index (χ4n) is 6.06. The van der Waals surface area contributed by atoms with Crippen molar-refractivity contribution in [2.75, 3.05) is 78.7 Å². The summed E-state index contributed by atoms with van der Waals surface area (Å²) in [6.45, 7) is -2.05. The highest BCUT2D eigenvalue weighted by molar-refractivity contribution is 5.78. The molecule has 12 atom stereocenters. The molecular weight excluding hydrogens is 676 g/mol. The number of aliphatic carboxylic acids is 1. The van der Waals surface area contributed by atoms with Crippen LogP contribution in [-0.4, -0.2) is 247 Å². The first kappa shape index (κ1) is 42.1. The van der Waals surface area contributed by atoms with Gasteiger partial charge in [0.15, 0.2) is 31.4 Å². The second-order valence-electron chi connectivity index (χ2n) is 12.4. The zero-order valence-corrected chi connectivity index (χ0v) is 27.3. The Hall–Kier alpha value is -2.36. The highest BCUT2D eigenvalue weighted by atomic mass is 16.6. The third kappa shape index (κ3) is 11.3. The van der Waals surface area contributed by atoms with Crippen molar-refractivity contribution in [3.63, 3.8) is 0 Å². The molecule has 22 heteroatoms. The van der Waals surface area contributed by atoms with Crippen molar-refractivity contribution in [1.29, 1.82) is 0 Å². The van der Waals surface area contributed by atoms with E-state index in [1.54, 1.807) is 4.90 Å². The number of carboxylic acid groups (broad SMARTS) is 1. The number of ether oxygens (including phenoxy) is 2. The first-order valence-corrected chi connectivity index (χ1v) is 16.1. The molecule has 3 rings (SSSR count). The Morgan fingerprint density at radius 1 is 0.680 bits per heavy atom. The maximum atomic E-state index is 13.0. The van der Waals surface area contributed by atoms with Crippen molar-refractivity contribution in [1.82, 2.24) is 30.2 Å². The standard InChI is InChI=1S/C28H50N6O16/c35-11-15-23(43)25(45)21(27(47)49-15)29-17(13-37)33-5-3-32(10-20(41)42)2-1-31(4-6-34(8-7-33)19(40)14-38)9-18(39)30-22-26(46)24(44)16(12-36)50-28(22)48/h13-17,19,21-29,35-36,40,43-48H,1-12H2,(H,30,39)(H,41,42)/t15?,16?,17?,19?,21?,22?,23-,24-,25?,26?,27-,28-/m1/s1. The van der Waals surface area contributed by atoms with E-state index < -0.39 is 105 Å². The fraction of sp³-hybridized carbons (Fsp3) is 0.857. The number of aliphatic hydroxyl groups is 9. The number of nitrogens with zero attached hydrogens (tertiary/aromatic N) is 4. The Labute approximate surface area is 287 Å². The van der Waals surface area contributed by atoms with Gasteiger partial charge in [-0.3, -0.25) is 39.3 Å². The molecule has 8 unspecified atom stereocenters. The average molecular weight is 727 g/mol. The Kier molecular flexibility index (Phi) is 16.8. The lowest BCUT2D eigenvalue weighted by molar-refractivity contribution is -0.256. The van der Waals surface area contributed by atoms with Gasteiger partial charge in [0.2, 0.25) is 5.91 Å². The third-order valence-corrected chi connectivity index (χ3v) is 9.05. The number of carboxylic acids is 1. The van der Waals surface area contributed by atoms with E-state index >= 15 is 0 Å². The lowest BCUT2D eigenvalue weighted by atomic mass is 9.97. The fourth-order valence-corrected chi connectivity index (χ4v) is 6.06. The van der Waals surface area contributed by atoms with Gasteiger partial charge in [-0.2, -0.15) is 0 Å². The summed E-state index contributed by atoms with van der Waals surface area (Å²) >= 11 is 0. The molecule has 3 aliphatic heterocycles. The van der Waals surface area contributed by atoms with Gasteiger partial charge < -0.3 is 70.7 Å². The summed E-state index contributed by atoms with van der Waals surface area (Å²) < 4.78 is 10.2. The number of aldehydes is 2. The molecule has 0 bridgehead atoms. The number of aliphatic hydroxyl groups excluding tert-OH is 9. The van der Waals surface area contributed by atoms with Gasteiger partial charge in [-0.1, -0.05) is 0 Å². The number of nitrogens with one attached hydrogen (secondary N) is 2. The van der Waals surface area contributed by atoms with E-state index in [4.69, 9.17) is 9.47 Å². The van der Waals surface area contributed by atoms with Crippen LogP contribution < -0.4 is 10.6 Å². The summed E-state index contributed by atoms with van der Waals surface area (Å²) in [6, 6.07) is -2.84. The number of rotatable bonds is 13. The molecule has 0 spiro atoms. The van der Waals surface area contributed by atoms with E-state index in [0.717, 1.165) is 0 Å². The first-order chi connectivity index (χ1) is 23.7. The van der Waals surface area contributed by atoms with E-state index in [9.17, 15) is 70.2 Å². The summed E-state index contributed by atoms with van der Waals surface area (Å²) in [5, 5.41) is 106. The molecule has 22 nitrogen and oxygen atoms in total. The van der Waals surface area contributed by atoms with Crippen LogP contribution in [0.25, 0.3) is 0 Å². The van der Waals surface area contributed by atoms with Crippen molar-refractivity contribution in [2.24, 2.45) is 0 Å². The van der Waals surface area contributed by atoms with E-state index in [2.05, 4.69) is 10.6 Å². The molecule has 0 saturated carbocycles. The second-order valence-corrected chi connectivity index (χ2v) is 12.4. The van der Waals surface area contributed by atoms with Gasteiger partial charge in [0.25, 0.3) is 0 Å². The Morgan fingerprint density at radius 3 is 1.66 bits per heavy atom. The van der Waals surface area contributed by atoms with Crippen LogP contribution in [0, 0.1) is 0 Å². The van der Waals surface area contributed by atoms with E-state index in [1.165, 1.54) is 14.7 Å². The molecule has 3 fully saturated rings. The topological polar surface area (TPSA) is 326 Å². The predicted octanol–water partition coefficient (Wildman–Crippen LogP) is -9.36. The number of amides is 1. The minimum atomic E-state index is -1.75.